The van der Waals surface area contributed by atoms with E-state index < -0.39 is 11.0 Å². The Hall–Kier alpha value is -0.0700. The minimum atomic E-state index is -1.22. The molecule has 0 fully saturated rings. The Morgan fingerprint density at radius 3 is 2.60 bits per heavy atom. The quantitative estimate of drug-likeness (QED) is 0.787. The molecule has 0 unspecified atom stereocenters. The Morgan fingerprint density at radius 1 is 1.60 bits per heavy atom. The second-order valence-electron chi connectivity index (χ2n) is 4.01. The number of thiazole rings is 1. The van der Waals surface area contributed by atoms with Crippen molar-refractivity contribution in [1.29, 1.82) is 0 Å². The highest BCUT2D eigenvalue weighted by Gasteiger charge is 2.19. The molecule has 6 heteroatoms. The van der Waals surface area contributed by atoms with E-state index in [1.165, 1.54) is 11.3 Å². The minimum Gasteiger partial charge on any atom is -0.234 e. The summed E-state index contributed by atoms with van der Waals surface area (Å²) < 4.78 is 16.4. The van der Waals surface area contributed by atoms with Crippen molar-refractivity contribution in [3.05, 3.63) is 15.0 Å². The molecule has 1 rings (SSSR count). The minimum absolute atomic E-state index is 0.324. The molecule has 0 saturated heterocycles. The van der Waals surface area contributed by atoms with E-state index in [2.05, 4.69) is 25.3 Å². The second-order valence-corrected chi connectivity index (χ2v) is 7.59. The summed E-state index contributed by atoms with van der Waals surface area (Å²) in [6, 6.07) is 0. The van der Waals surface area contributed by atoms with Gasteiger partial charge in [-0.2, -0.15) is 4.40 Å². The molecule has 0 aromatic carbocycles. The van der Waals surface area contributed by atoms with Gasteiger partial charge < -0.3 is 0 Å². The zero-order valence-electron chi connectivity index (χ0n) is 9.07. The maximum Gasteiger partial charge on any atom is 0.145 e. The Morgan fingerprint density at radius 2 is 2.20 bits per heavy atom. The molecule has 1 atom stereocenters. The van der Waals surface area contributed by atoms with Crippen molar-refractivity contribution in [1.82, 2.24) is 4.98 Å². The number of hydrogen-bond donors (Lipinski definition) is 0. The molecule has 0 bridgehead atoms. The van der Waals surface area contributed by atoms with Crippen molar-refractivity contribution < 1.29 is 4.21 Å². The lowest BCUT2D eigenvalue weighted by Gasteiger charge is -2.13. The van der Waals surface area contributed by atoms with Gasteiger partial charge in [-0.3, -0.25) is 0 Å². The molecule has 0 spiro atoms. The van der Waals surface area contributed by atoms with E-state index in [1.54, 1.807) is 0 Å². The molecule has 0 N–H and O–H groups in total. The molecule has 0 saturated carbocycles. The first-order valence-corrected chi connectivity index (χ1v) is 7.17. The molecule has 0 aliphatic heterocycles. The van der Waals surface area contributed by atoms with Crippen LogP contribution in [0.2, 0.25) is 0 Å². The summed E-state index contributed by atoms with van der Waals surface area (Å²) in [4.78, 5) is 4.22. The number of nitrogens with zero attached hydrogens (tertiary/aromatic N) is 2. The van der Waals surface area contributed by atoms with Crippen molar-refractivity contribution >= 4 is 44.0 Å². The lowest BCUT2D eigenvalue weighted by molar-refractivity contribution is 0.650. The van der Waals surface area contributed by atoms with E-state index >= 15 is 0 Å². The molecule has 0 aliphatic carbocycles. The predicted octanol–water partition coefficient (Wildman–Crippen LogP) is 3.18. The van der Waals surface area contributed by atoms with Gasteiger partial charge in [0.1, 0.15) is 20.6 Å². The topological polar surface area (TPSA) is 42.3 Å². The van der Waals surface area contributed by atoms with Crippen LogP contribution in [0, 0.1) is 0 Å². The number of hydrogen-bond acceptors (Lipinski definition) is 3. The summed E-state index contributed by atoms with van der Waals surface area (Å²) in [5.74, 6) is 0. The smallest absolute Gasteiger partial charge is 0.145 e. The van der Waals surface area contributed by atoms with Crippen molar-refractivity contribution in [2.24, 2.45) is 4.40 Å². The molecule has 1 aromatic heterocycles. The van der Waals surface area contributed by atoms with Crippen LogP contribution in [0.4, 0.5) is 0 Å². The number of halogens is 1. The van der Waals surface area contributed by atoms with E-state index in [0.29, 0.717) is 0 Å². The van der Waals surface area contributed by atoms with Gasteiger partial charge in [0, 0.05) is 5.38 Å². The van der Waals surface area contributed by atoms with E-state index in [4.69, 9.17) is 0 Å². The molecule has 0 aliphatic rings. The standard InChI is InChI=1S/C9H13BrN2OS2/c1-6(8-11-7(10)5-14-8)12-15(13)9(2,3)4/h5H,1-4H3/b12-6-/t15-/m1/s1. The Kier molecular flexibility index (Phi) is 4.20. The summed E-state index contributed by atoms with van der Waals surface area (Å²) in [7, 11) is -1.22. The van der Waals surface area contributed by atoms with Gasteiger partial charge in [0.25, 0.3) is 0 Å². The Balaban J connectivity index is 2.90. The fraction of sp³-hybridized carbons (Fsp3) is 0.556. The highest BCUT2D eigenvalue weighted by atomic mass is 79.9. The maximum absolute atomic E-state index is 11.7. The van der Waals surface area contributed by atoms with E-state index in [0.717, 1.165) is 15.3 Å². The predicted molar refractivity (Wildman–Crippen MR) is 69.9 cm³/mol. The first kappa shape index (κ1) is 13.0. The van der Waals surface area contributed by atoms with Crippen LogP contribution in [-0.4, -0.2) is 19.7 Å². The van der Waals surface area contributed by atoms with Crippen LogP contribution in [0.3, 0.4) is 0 Å². The van der Waals surface area contributed by atoms with Crippen molar-refractivity contribution in [3.8, 4) is 0 Å². The first-order chi connectivity index (χ1) is 6.80. The maximum atomic E-state index is 11.7. The van der Waals surface area contributed by atoms with Crippen LogP contribution < -0.4 is 0 Å². The fourth-order valence-electron chi connectivity index (χ4n) is 0.721. The third-order valence-electron chi connectivity index (χ3n) is 1.53. The fourth-order valence-corrected chi connectivity index (χ4v) is 2.59. The zero-order valence-corrected chi connectivity index (χ0v) is 12.3. The molecule has 0 amide bonds. The average Bonchev–Trinajstić information content (AvgIpc) is 2.50. The van der Waals surface area contributed by atoms with Gasteiger partial charge in [-0.15, -0.1) is 11.3 Å². The normalized spacial score (nSPS) is 15.4. The van der Waals surface area contributed by atoms with Crippen LogP contribution in [-0.2, 0) is 11.0 Å². The third kappa shape index (κ3) is 3.77. The second kappa shape index (κ2) is 4.84. The van der Waals surface area contributed by atoms with Crippen LogP contribution in [0.5, 0.6) is 0 Å². The lowest BCUT2D eigenvalue weighted by Crippen LogP contribution is -2.20. The first-order valence-electron chi connectivity index (χ1n) is 4.39. The summed E-state index contributed by atoms with van der Waals surface area (Å²) in [6.45, 7) is 7.53. The van der Waals surface area contributed by atoms with Crippen molar-refractivity contribution in [2.75, 3.05) is 0 Å². The largest absolute Gasteiger partial charge is 0.234 e. The van der Waals surface area contributed by atoms with Crippen molar-refractivity contribution in [3.63, 3.8) is 0 Å². The lowest BCUT2D eigenvalue weighted by atomic mass is 10.3. The van der Waals surface area contributed by atoms with Gasteiger partial charge in [-0.1, -0.05) is 0 Å². The summed E-state index contributed by atoms with van der Waals surface area (Å²) in [6.07, 6.45) is 0. The van der Waals surface area contributed by atoms with Gasteiger partial charge >= 0.3 is 0 Å². The molecule has 84 valence electrons. The molecule has 1 heterocycles. The number of rotatable bonds is 2. The zero-order chi connectivity index (χ0) is 11.6. The van der Waals surface area contributed by atoms with Gasteiger partial charge in [-0.25, -0.2) is 9.19 Å². The van der Waals surface area contributed by atoms with E-state index in [-0.39, 0.29) is 4.75 Å². The van der Waals surface area contributed by atoms with Crippen LogP contribution in [0.25, 0.3) is 0 Å². The van der Waals surface area contributed by atoms with Gasteiger partial charge in [0.05, 0.1) is 10.5 Å². The third-order valence-corrected chi connectivity index (χ3v) is 4.68. The van der Waals surface area contributed by atoms with Crippen LogP contribution in [0.1, 0.15) is 32.7 Å². The highest BCUT2D eigenvalue weighted by Crippen LogP contribution is 2.18. The van der Waals surface area contributed by atoms with Crippen molar-refractivity contribution in [2.45, 2.75) is 32.4 Å². The Labute approximate surface area is 105 Å². The molecule has 15 heavy (non-hydrogen) atoms. The van der Waals surface area contributed by atoms with Crippen LogP contribution >= 0.6 is 27.3 Å². The summed E-state index contributed by atoms with van der Waals surface area (Å²) in [5.41, 5.74) is 0.721. The monoisotopic (exact) mass is 308 g/mol. The SMILES string of the molecule is C/C(=N/[S@](=O)C(C)(C)C)c1nc(Br)cs1. The van der Waals surface area contributed by atoms with Gasteiger partial charge in [-0.05, 0) is 43.6 Å². The van der Waals surface area contributed by atoms with Gasteiger partial charge in [0.2, 0.25) is 0 Å². The van der Waals surface area contributed by atoms with Gasteiger partial charge in [0.15, 0.2) is 0 Å². The molecular formula is C9H13BrN2OS2. The summed E-state index contributed by atoms with van der Waals surface area (Å²) >= 11 is 4.76. The highest BCUT2D eigenvalue weighted by molar-refractivity contribution is 9.10. The summed E-state index contributed by atoms with van der Waals surface area (Å²) in [5, 5.41) is 2.69. The average molecular weight is 309 g/mol. The molecular weight excluding hydrogens is 296 g/mol. The molecule has 3 nitrogen and oxygen atoms in total. The number of aromatic nitrogens is 1. The molecule has 1 aromatic rings. The van der Waals surface area contributed by atoms with Crippen LogP contribution in [0.15, 0.2) is 14.4 Å². The van der Waals surface area contributed by atoms with E-state index in [9.17, 15) is 4.21 Å². The van der Waals surface area contributed by atoms with E-state index in [1.807, 2.05) is 33.1 Å². The Bertz CT molecular complexity index is 406. The molecule has 0 radical (unpaired) electrons.